The van der Waals surface area contributed by atoms with Gasteiger partial charge >= 0.3 is 0 Å². The molecule has 4 aromatic rings. The number of aryl methyl sites for hydroxylation is 1. The Morgan fingerprint density at radius 1 is 1.21 bits per heavy atom. The highest BCUT2D eigenvalue weighted by molar-refractivity contribution is 7.98. The summed E-state index contributed by atoms with van der Waals surface area (Å²) in [6.07, 6.45) is 5.32. The number of hydrogen-bond donors (Lipinski definition) is 2. The maximum atomic E-state index is 12.9. The van der Waals surface area contributed by atoms with Crippen LogP contribution in [0.2, 0.25) is 0 Å². The summed E-state index contributed by atoms with van der Waals surface area (Å²) in [7, 11) is 2.01. The van der Waals surface area contributed by atoms with E-state index in [0.29, 0.717) is 6.42 Å². The van der Waals surface area contributed by atoms with E-state index in [2.05, 4.69) is 33.3 Å². The minimum atomic E-state index is -0.123. The summed E-state index contributed by atoms with van der Waals surface area (Å²) in [5, 5.41) is 4.33. The molecule has 1 amide bonds. The zero-order valence-electron chi connectivity index (χ0n) is 16.1. The lowest BCUT2D eigenvalue weighted by Gasteiger charge is -2.16. The van der Waals surface area contributed by atoms with Crippen LogP contribution in [0.1, 0.15) is 23.9 Å². The topological polar surface area (TPSA) is 62.7 Å². The van der Waals surface area contributed by atoms with Gasteiger partial charge in [0.05, 0.1) is 23.5 Å². The van der Waals surface area contributed by atoms with Crippen molar-refractivity contribution in [2.24, 2.45) is 7.05 Å². The van der Waals surface area contributed by atoms with Crippen LogP contribution in [0.3, 0.4) is 0 Å². The smallest absolute Gasteiger partial charge is 0.225 e. The average Bonchev–Trinajstić information content (AvgIpc) is 3.27. The summed E-state index contributed by atoms with van der Waals surface area (Å²) in [5.74, 6) is 1.79. The molecule has 1 atom stereocenters. The number of H-pyrrole nitrogens is 1. The average molecular weight is 393 g/mol. The zero-order chi connectivity index (χ0) is 19.5. The zero-order valence-corrected chi connectivity index (χ0v) is 16.9. The lowest BCUT2D eigenvalue weighted by molar-refractivity contribution is -0.121. The second kappa shape index (κ2) is 8.10. The summed E-state index contributed by atoms with van der Waals surface area (Å²) in [6, 6.07) is 16.0. The first-order valence-corrected chi connectivity index (χ1v) is 10.8. The van der Waals surface area contributed by atoms with Gasteiger partial charge < -0.3 is 14.9 Å². The van der Waals surface area contributed by atoms with Gasteiger partial charge in [0.25, 0.3) is 0 Å². The van der Waals surface area contributed by atoms with Crippen LogP contribution in [-0.2, 0) is 18.3 Å². The molecule has 0 saturated heterocycles. The number of carbonyl (C=O) groups is 1. The standard InChI is InChI=1S/C22H24N4OS/c1-26-14-15(16-7-3-6-10-20(16)26)13-21(27)23-19(11-12-28-2)22-24-17-8-4-5-9-18(17)25-22/h3-10,14,19H,11-13H2,1-2H3,(H,23,27)(H,24,25)/t19-/m0/s1. The molecule has 0 aliphatic carbocycles. The Balaban J connectivity index is 1.55. The summed E-state index contributed by atoms with van der Waals surface area (Å²) in [5.41, 5.74) is 4.11. The number of imidazole rings is 1. The van der Waals surface area contributed by atoms with E-state index in [4.69, 9.17) is 4.98 Å². The van der Waals surface area contributed by atoms with Crippen LogP contribution < -0.4 is 5.32 Å². The van der Waals surface area contributed by atoms with Gasteiger partial charge in [0, 0.05) is 24.1 Å². The molecule has 4 rings (SSSR count). The molecule has 0 fully saturated rings. The molecule has 2 aromatic carbocycles. The molecule has 28 heavy (non-hydrogen) atoms. The molecule has 2 aromatic heterocycles. The van der Waals surface area contributed by atoms with E-state index in [1.54, 1.807) is 11.8 Å². The van der Waals surface area contributed by atoms with Crippen molar-refractivity contribution in [2.75, 3.05) is 12.0 Å². The minimum absolute atomic E-state index is 0.0166. The second-order valence-electron chi connectivity index (χ2n) is 7.00. The number of carbonyl (C=O) groups excluding carboxylic acids is 1. The molecule has 0 unspecified atom stereocenters. The molecule has 2 heterocycles. The van der Waals surface area contributed by atoms with Crippen LogP contribution >= 0.6 is 11.8 Å². The highest BCUT2D eigenvalue weighted by Gasteiger charge is 2.19. The summed E-state index contributed by atoms with van der Waals surface area (Å²) in [6.45, 7) is 0. The van der Waals surface area contributed by atoms with Gasteiger partial charge in [-0.2, -0.15) is 11.8 Å². The third-order valence-electron chi connectivity index (χ3n) is 5.01. The second-order valence-corrected chi connectivity index (χ2v) is 7.99. The molecular weight excluding hydrogens is 368 g/mol. The van der Waals surface area contributed by atoms with Gasteiger partial charge in [-0.05, 0) is 42.2 Å². The number of aromatic nitrogens is 3. The lowest BCUT2D eigenvalue weighted by atomic mass is 10.1. The Hall–Kier alpha value is -2.73. The van der Waals surface area contributed by atoms with Gasteiger partial charge in [-0.1, -0.05) is 30.3 Å². The SMILES string of the molecule is CSCC[C@H](NC(=O)Cc1cn(C)c2ccccc12)c1nc2ccccc2[nH]1. The van der Waals surface area contributed by atoms with Crippen LogP contribution in [-0.4, -0.2) is 32.5 Å². The third kappa shape index (κ3) is 3.78. The number of rotatable bonds is 7. The van der Waals surface area contributed by atoms with Crippen LogP contribution in [0.5, 0.6) is 0 Å². The monoisotopic (exact) mass is 392 g/mol. The molecule has 0 spiro atoms. The number of benzene rings is 2. The summed E-state index contributed by atoms with van der Waals surface area (Å²) < 4.78 is 2.07. The largest absolute Gasteiger partial charge is 0.350 e. The third-order valence-corrected chi connectivity index (χ3v) is 5.66. The van der Waals surface area contributed by atoms with E-state index in [1.165, 1.54) is 0 Å². The first-order chi connectivity index (χ1) is 13.7. The molecule has 0 radical (unpaired) electrons. The van der Waals surface area contributed by atoms with Crippen molar-refractivity contribution in [2.45, 2.75) is 18.9 Å². The quantitative estimate of drug-likeness (QED) is 0.495. The Morgan fingerprint density at radius 2 is 2.00 bits per heavy atom. The maximum absolute atomic E-state index is 12.9. The number of para-hydroxylation sites is 3. The Labute approximate surface area is 168 Å². The van der Waals surface area contributed by atoms with E-state index in [9.17, 15) is 4.79 Å². The van der Waals surface area contributed by atoms with E-state index >= 15 is 0 Å². The number of nitrogens with one attached hydrogen (secondary N) is 2. The normalized spacial score (nSPS) is 12.5. The van der Waals surface area contributed by atoms with E-state index in [1.807, 2.05) is 49.6 Å². The van der Waals surface area contributed by atoms with Crippen LogP contribution in [0, 0.1) is 0 Å². The number of aromatic amines is 1. The fraction of sp³-hybridized carbons (Fsp3) is 0.273. The molecular formula is C22H24N4OS. The summed E-state index contributed by atoms with van der Waals surface area (Å²) >= 11 is 1.77. The van der Waals surface area contributed by atoms with Gasteiger partial charge in [-0.15, -0.1) is 0 Å². The highest BCUT2D eigenvalue weighted by atomic mass is 32.2. The highest BCUT2D eigenvalue weighted by Crippen LogP contribution is 2.23. The minimum Gasteiger partial charge on any atom is -0.350 e. The van der Waals surface area contributed by atoms with Crippen molar-refractivity contribution in [3.63, 3.8) is 0 Å². The van der Waals surface area contributed by atoms with Gasteiger partial charge in [-0.25, -0.2) is 4.98 Å². The molecule has 2 N–H and O–H groups in total. The fourth-order valence-electron chi connectivity index (χ4n) is 3.64. The van der Waals surface area contributed by atoms with Crippen LogP contribution in [0.25, 0.3) is 21.9 Å². The van der Waals surface area contributed by atoms with Crippen molar-refractivity contribution in [1.29, 1.82) is 0 Å². The molecule has 0 bridgehead atoms. The number of thioether (sulfide) groups is 1. The number of amides is 1. The van der Waals surface area contributed by atoms with Crippen LogP contribution in [0.15, 0.2) is 54.7 Å². The number of hydrogen-bond acceptors (Lipinski definition) is 3. The molecule has 0 aliphatic rings. The molecule has 0 saturated carbocycles. The number of fused-ring (bicyclic) bond motifs is 2. The molecule has 144 valence electrons. The Kier molecular flexibility index (Phi) is 5.39. The molecule has 5 nitrogen and oxygen atoms in total. The van der Waals surface area contributed by atoms with Gasteiger partial charge in [0.1, 0.15) is 5.82 Å². The van der Waals surface area contributed by atoms with E-state index in [0.717, 1.165) is 45.5 Å². The first kappa shape index (κ1) is 18.6. The Morgan fingerprint density at radius 3 is 2.82 bits per heavy atom. The van der Waals surface area contributed by atoms with Crippen molar-refractivity contribution < 1.29 is 4.79 Å². The van der Waals surface area contributed by atoms with Crippen molar-refractivity contribution >= 4 is 39.6 Å². The Bertz CT molecular complexity index is 1080. The summed E-state index contributed by atoms with van der Waals surface area (Å²) in [4.78, 5) is 20.9. The predicted octanol–water partition coefficient (Wildman–Crippen LogP) is 4.21. The van der Waals surface area contributed by atoms with Gasteiger partial charge in [-0.3, -0.25) is 4.79 Å². The lowest BCUT2D eigenvalue weighted by Crippen LogP contribution is -2.31. The number of nitrogens with zero attached hydrogens (tertiary/aromatic N) is 2. The van der Waals surface area contributed by atoms with Crippen molar-refractivity contribution in [1.82, 2.24) is 19.9 Å². The molecule has 6 heteroatoms. The fourth-order valence-corrected chi connectivity index (χ4v) is 4.11. The molecule has 0 aliphatic heterocycles. The first-order valence-electron chi connectivity index (χ1n) is 9.41. The maximum Gasteiger partial charge on any atom is 0.225 e. The van der Waals surface area contributed by atoms with Gasteiger partial charge in [0.15, 0.2) is 0 Å². The predicted molar refractivity (Wildman–Crippen MR) is 117 cm³/mol. The van der Waals surface area contributed by atoms with E-state index < -0.39 is 0 Å². The van der Waals surface area contributed by atoms with Crippen LogP contribution in [0.4, 0.5) is 0 Å². The van der Waals surface area contributed by atoms with E-state index in [-0.39, 0.29) is 11.9 Å². The van der Waals surface area contributed by atoms with Crippen molar-refractivity contribution in [3.05, 3.63) is 66.1 Å². The van der Waals surface area contributed by atoms with Crippen molar-refractivity contribution in [3.8, 4) is 0 Å². The van der Waals surface area contributed by atoms with Gasteiger partial charge in [0.2, 0.25) is 5.91 Å².